The SMILES string of the molecule is COCCOc1ccc2ccccc2c1CNCCCn1ccnc1. The third kappa shape index (κ3) is 4.81. The first-order valence-corrected chi connectivity index (χ1v) is 8.67. The first kappa shape index (κ1) is 17.5. The third-order valence-electron chi connectivity index (χ3n) is 4.17. The molecule has 1 heterocycles. The van der Waals surface area contributed by atoms with Gasteiger partial charge in [0.25, 0.3) is 0 Å². The fourth-order valence-electron chi connectivity index (χ4n) is 2.89. The molecule has 0 unspecified atom stereocenters. The maximum absolute atomic E-state index is 5.92. The van der Waals surface area contributed by atoms with E-state index < -0.39 is 0 Å². The fraction of sp³-hybridized carbons (Fsp3) is 0.350. The zero-order valence-electron chi connectivity index (χ0n) is 14.6. The lowest BCUT2D eigenvalue weighted by Crippen LogP contribution is -2.17. The van der Waals surface area contributed by atoms with Crippen LogP contribution in [0.15, 0.2) is 55.1 Å². The summed E-state index contributed by atoms with van der Waals surface area (Å²) in [5.41, 5.74) is 1.21. The minimum atomic E-state index is 0.558. The predicted octanol–water partition coefficient (Wildman–Crippen LogP) is 3.24. The molecule has 3 rings (SSSR count). The number of nitrogens with zero attached hydrogens (tertiary/aromatic N) is 2. The molecular weight excluding hydrogens is 314 g/mol. The van der Waals surface area contributed by atoms with Gasteiger partial charge < -0.3 is 19.4 Å². The second-order valence-corrected chi connectivity index (χ2v) is 5.94. The Balaban J connectivity index is 1.63. The van der Waals surface area contributed by atoms with E-state index in [-0.39, 0.29) is 0 Å². The number of aromatic nitrogens is 2. The van der Waals surface area contributed by atoms with E-state index in [0.29, 0.717) is 13.2 Å². The monoisotopic (exact) mass is 339 g/mol. The number of rotatable bonds is 10. The number of nitrogens with one attached hydrogen (secondary N) is 1. The standard InChI is InChI=1S/C20H25N3O2/c1-24-13-14-25-20-8-7-17-5-2-3-6-18(17)19(20)15-21-9-4-11-23-12-10-22-16-23/h2-3,5-8,10,12,16,21H,4,9,11,13-15H2,1H3. The molecule has 5 nitrogen and oxygen atoms in total. The molecule has 5 heteroatoms. The van der Waals surface area contributed by atoms with Gasteiger partial charge in [0, 0.05) is 38.2 Å². The van der Waals surface area contributed by atoms with Crippen molar-refractivity contribution in [3.63, 3.8) is 0 Å². The molecule has 0 aliphatic rings. The van der Waals surface area contributed by atoms with Crippen LogP contribution in [0.5, 0.6) is 5.75 Å². The second kappa shape index (κ2) is 9.20. The van der Waals surface area contributed by atoms with Crippen molar-refractivity contribution in [3.8, 4) is 5.75 Å². The third-order valence-corrected chi connectivity index (χ3v) is 4.17. The van der Waals surface area contributed by atoms with Crippen LogP contribution >= 0.6 is 0 Å². The average molecular weight is 339 g/mol. The van der Waals surface area contributed by atoms with Crippen LogP contribution in [0.3, 0.4) is 0 Å². The van der Waals surface area contributed by atoms with Gasteiger partial charge in [-0.25, -0.2) is 4.98 Å². The van der Waals surface area contributed by atoms with Crippen molar-refractivity contribution < 1.29 is 9.47 Å². The lowest BCUT2D eigenvalue weighted by Gasteiger charge is -2.15. The molecule has 25 heavy (non-hydrogen) atoms. The number of imidazole rings is 1. The lowest BCUT2D eigenvalue weighted by molar-refractivity contribution is 0.146. The molecule has 0 saturated carbocycles. The number of methoxy groups -OCH3 is 1. The van der Waals surface area contributed by atoms with E-state index in [2.05, 4.69) is 51.3 Å². The minimum absolute atomic E-state index is 0.558. The van der Waals surface area contributed by atoms with E-state index in [9.17, 15) is 0 Å². The highest BCUT2D eigenvalue weighted by atomic mass is 16.5. The average Bonchev–Trinajstić information content (AvgIpc) is 3.16. The summed E-state index contributed by atoms with van der Waals surface area (Å²) in [5.74, 6) is 0.929. The van der Waals surface area contributed by atoms with Gasteiger partial charge in [-0.1, -0.05) is 30.3 Å². The van der Waals surface area contributed by atoms with Crippen LogP contribution in [-0.2, 0) is 17.8 Å². The van der Waals surface area contributed by atoms with Crippen molar-refractivity contribution >= 4 is 10.8 Å². The lowest BCUT2D eigenvalue weighted by atomic mass is 10.0. The number of hydrogen-bond acceptors (Lipinski definition) is 4. The Labute approximate surface area is 148 Å². The normalized spacial score (nSPS) is 11.1. The Morgan fingerprint density at radius 2 is 2.04 bits per heavy atom. The summed E-state index contributed by atoms with van der Waals surface area (Å²) in [6, 6.07) is 12.6. The zero-order valence-corrected chi connectivity index (χ0v) is 14.6. The van der Waals surface area contributed by atoms with Crippen molar-refractivity contribution in [1.82, 2.24) is 14.9 Å². The van der Waals surface area contributed by atoms with Gasteiger partial charge in [0.2, 0.25) is 0 Å². The van der Waals surface area contributed by atoms with Crippen LogP contribution in [0.2, 0.25) is 0 Å². The molecule has 1 aromatic heterocycles. The number of aryl methyl sites for hydroxylation is 1. The first-order valence-electron chi connectivity index (χ1n) is 8.67. The fourth-order valence-corrected chi connectivity index (χ4v) is 2.89. The largest absolute Gasteiger partial charge is 0.491 e. The molecule has 0 fully saturated rings. The summed E-state index contributed by atoms with van der Waals surface area (Å²) in [4.78, 5) is 4.07. The molecule has 0 amide bonds. The predicted molar refractivity (Wildman–Crippen MR) is 99.9 cm³/mol. The summed E-state index contributed by atoms with van der Waals surface area (Å²) in [6.07, 6.45) is 6.72. The second-order valence-electron chi connectivity index (χ2n) is 5.94. The van der Waals surface area contributed by atoms with Crippen LogP contribution < -0.4 is 10.1 Å². The van der Waals surface area contributed by atoms with Gasteiger partial charge in [0.1, 0.15) is 12.4 Å². The highest BCUT2D eigenvalue weighted by Crippen LogP contribution is 2.28. The first-order chi connectivity index (χ1) is 12.4. The zero-order chi connectivity index (χ0) is 17.3. The Bertz CT molecular complexity index is 772. The van der Waals surface area contributed by atoms with Crippen molar-refractivity contribution in [1.29, 1.82) is 0 Å². The van der Waals surface area contributed by atoms with Gasteiger partial charge in [-0.2, -0.15) is 0 Å². The highest BCUT2D eigenvalue weighted by molar-refractivity contribution is 5.87. The molecule has 132 valence electrons. The molecule has 0 radical (unpaired) electrons. The van der Waals surface area contributed by atoms with Crippen molar-refractivity contribution in [2.45, 2.75) is 19.5 Å². The number of hydrogen-bond donors (Lipinski definition) is 1. The van der Waals surface area contributed by atoms with Crippen LogP contribution in [0, 0.1) is 0 Å². The van der Waals surface area contributed by atoms with E-state index in [1.54, 1.807) is 7.11 Å². The Morgan fingerprint density at radius 3 is 2.88 bits per heavy atom. The van der Waals surface area contributed by atoms with Crippen molar-refractivity contribution in [2.75, 3.05) is 26.9 Å². The molecule has 0 aliphatic heterocycles. The maximum Gasteiger partial charge on any atom is 0.124 e. The number of fused-ring (bicyclic) bond motifs is 1. The summed E-state index contributed by atoms with van der Waals surface area (Å²) in [5, 5.41) is 6.01. The Kier molecular flexibility index (Phi) is 6.42. The molecule has 0 spiro atoms. The summed E-state index contributed by atoms with van der Waals surface area (Å²) < 4.78 is 13.1. The molecular formula is C20H25N3O2. The van der Waals surface area contributed by atoms with E-state index in [1.807, 2.05) is 18.7 Å². The van der Waals surface area contributed by atoms with E-state index in [1.165, 1.54) is 16.3 Å². The van der Waals surface area contributed by atoms with Gasteiger partial charge >= 0.3 is 0 Å². The minimum Gasteiger partial charge on any atom is -0.491 e. The summed E-state index contributed by atoms with van der Waals surface area (Å²) >= 11 is 0. The van der Waals surface area contributed by atoms with Gasteiger partial charge in [0.15, 0.2) is 0 Å². The van der Waals surface area contributed by atoms with Crippen LogP contribution in [0.4, 0.5) is 0 Å². The Morgan fingerprint density at radius 1 is 1.12 bits per heavy atom. The molecule has 0 aliphatic carbocycles. The quantitative estimate of drug-likeness (QED) is 0.576. The molecule has 0 atom stereocenters. The van der Waals surface area contributed by atoms with Crippen molar-refractivity contribution in [2.24, 2.45) is 0 Å². The molecule has 2 aromatic carbocycles. The van der Waals surface area contributed by atoms with Crippen LogP contribution in [0.1, 0.15) is 12.0 Å². The highest BCUT2D eigenvalue weighted by Gasteiger charge is 2.08. The maximum atomic E-state index is 5.92. The Hall–Kier alpha value is -2.37. The van der Waals surface area contributed by atoms with E-state index in [0.717, 1.165) is 31.8 Å². The van der Waals surface area contributed by atoms with Gasteiger partial charge in [-0.05, 0) is 29.8 Å². The van der Waals surface area contributed by atoms with Crippen LogP contribution in [0.25, 0.3) is 10.8 Å². The van der Waals surface area contributed by atoms with E-state index >= 15 is 0 Å². The molecule has 0 bridgehead atoms. The topological polar surface area (TPSA) is 48.3 Å². The molecule has 3 aromatic rings. The van der Waals surface area contributed by atoms with Crippen LogP contribution in [-0.4, -0.2) is 36.4 Å². The van der Waals surface area contributed by atoms with Gasteiger partial charge in [-0.3, -0.25) is 0 Å². The summed E-state index contributed by atoms with van der Waals surface area (Å²) in [7, 11) is 1.69. The summed E-state index contributed by atoms with van der Waals surface area (Å²) in [6.45, 7) is 3.85. The van der Waals surface area contributed by atoms with Crippen molar-refractivity contribution in [3.05, 3.63) is 60.7 Å². The van der Waals surface area contributed by atoms with E-state index in [4.69, 9.17) is 9.47 Å². The smallest absolute Gasteiger partial charge is 0.124 e. The molecule has 1 N–H and O–H groups in total. The van der Waals surface area contributed by atoms with Gasteiger partial charge in [-0.15, -0.1) is 0 Å². The van der Waals surface area contributed by atoms with Gasteiger partial charge in [0.05, 0.1) is 12.9 Å². The molecule has 0 saturated heterocycles. The number of benzene rings is 2. The number of ether oxygens (including phenoxy) is 2.